The number of benzene rings is 1. The molecule has 1 fully saturated rings. The minimum atomic E-state index is -1.11. The third-order valence-corrected chi connectivity index (χ3v) is 5.22. The van der Waals surface area contributed by atoms with Gasteiger partial charge in [0.15, 0.2) is 6.61 Å². The van der Waals surface area contributed by atoms with Gasteiger partial charge in [0.05, 0.1) is 0 Å². The molecule has 22 heavy (non-hydrogen) atoms. The van der Waals surface area contributed by atoms with Gasteiger partial charge in [0.2, 0.25) is 0 Å². The number of carbonyl (C=O) groups is 2. The van der Waals surface area contributed by atoms with Crippen molar-refractivity contribution in [1.82, 2.24) is 5.32 Å². The first-order valence-corrected chi connectivity index (χ1v) is 7.92. The number of esters is 1. The van der Waals surface area contributed by atoms with Crippen molar-refractivity contribution in [2.24, 2.45) is 5.41 Å². The van der Waals surface area contributed by atoms with Gasteiger partial charge in [0, 0.05) is 23.0 Å². The highest BCUT2D eigenvalue weighted by Crippen LogP contribution is 2.64. The number of halogens is 4. The number of amides is 1. The van der Waals surface area contributed by atoms with Crippen molar-refractivity contribution < 1.29 is 14.3 Å². The molecule has 2 rings (SSSR count). The van der Waals surface area contributed by atoms with Gasteiger partial charge in [-0.1, -0.05) is 29.3 Å². The molecule has 0 bridgehead atoms. The molecule has 1 aromatic rings. The molecular formula is C14H13Cl4NO3. The first kappa shape index (κ1) is 17.7. The van der Waals surface area contributed by atoms with Gasteiger partial charge in [-0.3, -0.25) is 9.59 Å². The molecule has 0 spiro atoms. The van der Waals surface area contributed by atoms with Crippen molar-refractivity contribution in [2.45, 2.75) is 24.2 Å². The van der Waals surface area contributed by atoms with Crippen LogP contribution in [-0.2, 0) is 20.9 Å². The van der Waals surface area contributed by atoms with E-state index in [1.165, 1.54) is 0 Å². The fourth-order valence-corrected chi connectivity index (χ4v) is 2.99. The standard InChI is InChI=1S/C14H13Cl4NO3/c1-13(7-14(13,17)18)12(21)22-6-11(20)19-5-8-2-3-9(15)4-10(8)16/h2-4H,5-7H2,1H3,(H,19,20). The number of hydrogen-bond donors (Lipinski definition) is 1. The summed E-state index contributed by atoms with van der Waals surface area (Å²) in [5, 5.41) is 3.56. The maximum absolute atomic E-state index is 11.8. The van der Waals surface area contributed by atoms with Crippen LogP contribution in [0.3, 0.4) is 0 Å². The lowest BCUT2D eigenvalue weighted by atomic mass is 10.1. The van der Waals surface area contributed by atoms with Gasteiger partial charge in [-0.15, -0.1) is 23.2 Å². The summed E-state index contributed by atoms with van der Waals surface area (Å²) in [5.41, 5.74) is -0.240. The van der Waals surface area contributed by atoms with E-state index in [-0.39, 0.29) is 6.54 Å². The lowest BCUT2D eigenvalue weighted by Gasteiger charge is -2.12. The van der Waals surface area contributed by atoms with Crippen molar-refractivity contribution in [3.05, 3.63) is 33.8 Å². The highest BCUT2D eigenvalue weighted by atomic mass is 35.5. The molecule has 1 unspecified atom stereocenters. The van der Waals surface area contributed by atoms with E-state index in [0.29, 0.717) is 22.0 Å². The third-order valence-electron chi connectivity index (χ3n) is 3.53. The quantitative estimate of drug-likeness (QED) is 0.621. The van der Waals surface area contributed by atoms with Crippen LogP contribution in [0.2, 0.25) is 10.0 Å². The summed E-state index contributed by atoms with van der Waals surface area (Å²) in [6.45, 7) is 1.41. The van der Waals surface area contributed by atoms with Gasteiger partial charge in [0.1, 0.15) is 9.75 Å². The van der Waals surface area contributed by atoms with Gasteiger partial charge in [0.25, 0.3) is 5.91 Å². The van der Waals surface area contributed by atoms with Crippen molar-refractivity contribution in [2.75, 3.05) is 6.61 Å². The molecule has 0 heterocycles. The van der Waals surface area contributed by atoms with E-state index in [4.69, 9.17) is 51.1 Å². The molecule has 1 saturated carbocycles. The second-order valence-corrected chi connectivity index (χ2v) is 7.63. The molecule has 0 aliphatic heterocycles. The summed E-state index contributed by atoms with van der Waals surface area (Å²) in [5.74, 6) is -1.03. The molecule has 120 valence electrons. The van der Waals surface area contributed by atoms with Crippen LogP contribution in [0.4, 0.5) is 0 Å². The van der Waals surface area contributed by atoms with E-state index in [0.717, 1.165) is 0 Å². The van der Waals surface area contributed by atoms with Gasteiger partial charge < -0.3 is 10.1 Å². The van der Waals surface area contributed by atoms with Crippen LogP contribution < -0.4 is 5.32 Å². The molecule has 0 radical (unpaired) electrons. The topological polar surface area (TPSA) is 55.4 Å². The van der Waals surface area contributed by atoms with E-state index in [2.05, 4.69) is 5.32 Å². The highest BCUT2D eigenvalue weighted by molar-refractivity contribution is 6.53. The zero-order valence-electron chi connectivity index (χ0n) is 11.6. The second-order valence-electron chi connectivity index (χ2n) is 5.30. The van der Waals surface area contributed by atoms with E-state index >= 15 is 0 Å². The zero-order chi connectivity index (χ0) is 16.5. The second kappa shape index (κ2) is 6.44. The number of rotatable bonds is 5. The van der Waals surface area contributed by atoms with Crippen LogP contribution in [0, 0.1) is 5.41 Å². The molecule has 8 heteroatoms. The molecule has 1 aliphatic rings. The summed E-state index contributed by atoms with van der Waals surface area (Å²) in [6.07, 6.45) is 0.309. The Kier molecular flexibility index (Phi) is 5.17. The Morgan fingerprint density at radius 3 is 2.50 bits per heavy atom. The van der Waals surface area contributed by atoms with Crippen molar-refractivity contribution in [3.63, 3.8) is 0 Å². The molecule has 1 amide bonds. The average Bonchev–Trinajstić information content (AvgIpc) is 2.95. The van der Waals surface area contributed by atoms with Crippen LogP contribution in [0.5, 0.6) is 0 Å². The van der Waals surface area contributed by atoms with E-state index in [1.807, 2.05) is 0 Å². The maximum Gasteiger partial charge on any atom is 0.315 e. The van der Waals surface area contributed by atoms with Crippen LogP contribution in [0.25, 0.3) is 0 Å². The molecule has 0 saturated heterocycles. The van der Waals surface area contributed by atoms with Gasteiger partial charge in [-0.25, -0.2) is 0 Å². The first-order chi connectivity index (χ1) is 10.2. The minimum absolute atomic E-state index is 0.207. The minimum Gasteiger partial charge on any atom is -0.455 e. The Morgan fingerprint density at radius 1 is 1.32 bits per heavy atom. The number of nitrogens with one attached hydrogen (secondary N) is 1. The van der Waals surface area contributed by atoms with E-state index < -0.39 is 28.2 Å². The number of carbonyl (C=O) groups excluding carboxylic acids is 2. The molecule has 0 aromatic heterocycles. The third kappa shape index (κ3) is 3.80. The highest BCUT2D eigenvalue weighted by Gasteiger charge is 2.69. The zero-order valence-corrected chi connectivity index (χ0v) is 14.6. The molecule has 1 aliphatic carbocycles. The largest absolute Gasteiger partial charge is 0.455 e. The first-order valence-electron chi connectivity index (χ1n) is 6.41. The smallest absolute Gasteiger partial charge is 0.315 e. The van der Waals surface area contributed by atoms with Crippen LogP contribution in [0.15, 0.2) is 18.2 Å². The van der Waals surface area contributed by atoms with Crippen LogP contribution in [-0.4, -0.2) is 22.8 Å². The van der Waals surface area contributed by atoms with Gasteiger partial charge >= 0.3 is 5.97 Å². The predicted octanol–water partition coefficient (Wildman–Crippen LogP) is 3.74. The normalized spacial score (nSPS) is 22.0. The lowest BCUT2D eigenvalue weighted by molar-refractivity contribution is -0.153. The van der Waals surface area contributed by atoms with Gasteiger partial charge in [-0.05, 0) is 24.6 Å². The fourth-order valence-electron chi connectivity index (χ4n) is 1.82. The summed E-state index contributed by atoms with van der Waals surface area (Å²) in [7, 11) is 0. The molecule has 1 aromatic carbocycles. The maximum atomic E-state index is 11.8. The van der Waals surface area contributed by atoms with Gasteiger partial charge in [-0.2, -0.15) is 0 Å². The Bertz CT molecular complexity index is 620. The van der Waals surface area contributed by atoms with E-state index in [1.54, 1.807) is 25.1 Å². The van der Waals surface area contributed by atoms with E-state index in [9.17, 15) is 9.59 Å². The molecular weight excluding hydrogens is 372 g/mol. The Labute approximate surface area is 148 Å². The Hall–Kier alpha value is -0.680. The van der Waals surface area contributed by atoms with Crippen molar-refractivity contribution in [3.8, 4) is 0 Å². The number of hydrogen-bond acceptors (Lipinski definition) is 3. The number of alkyl halides is 2. The molecule has 4 nitrogen and oxygen atoms in total. The average molecular weight is 385 g/mol. The lowest BCUT2D eigenvalue weighted by Crippen LogP contribution is -2.31. The van der Waals surface area contributed by atoms with Crippen molar-refractivity contribution >= 4 is 58.3 Å². The van der Waals surface area contributed by atoms with Crippen LogP contribution in [0.1, 0.15) is 18.9 Å². The van der Waals surface area contributed by atoms with Crippen LogP contribution >= 0.6 is 46.4 Å². The van der Waals surface area contributed by atoms with Crippen molar-refractivity contribution in [1.29, 1.82) is 0 Å². The monoisotopic (exact) mass is 383 g/mol. The summed E-state index contributed by atoms with van der Waals surface area (Å²) in [4.78, 5) is 23.5. The number of ether oxygens (including phenoxy) is 1. The fraction of sp³-hybridized carbons (Fsp3) is 0.429. The molecule has 1 N–H and O–H groups in total. The Morgan fingerprint density at radius 2 is 1.95 bits per heavy atom. The SMILES string of the molecule is CC1(C(=O)OCC(=O)NCc2ccc(Cl)cc2Cl)CC1(Cl)Cl. The summed E-state index contributed by atoms with van der Waals surface area (Å²) < 4.78 is 3.82. The predicted molar refractivity (Wildman–Crippen MR) is 86.4 cm³/mol. The Balaban J connectivity index is 1.78. The molecule has 1 atom stereocenters. The summed E-state index contributed by atoms with van der Waals surface area (Å²) >= 11 is 23.5. The summed E-state index contributed by atoms with van der Waals surface area (Å²) in [6, 6.07) is 4.96.